The fourth-order valence-electron chi connectivity index (χ4n) is 4.93. The normalized spacial score (nSPS) is 14.9. The molecule has 1 aliphatic carbocycles. The van der Waals surface area contributed by atoms with E-state index in [4.69, 9.17) is 0 Å². The van der Waals surface area contributed by atoms with Crippen molar-refractivity contribution >= 4 is 45.4 Å². The summed E-state index contributed by atoms with van der Waals surface area (Å²) in [6.45, 7) is 4.86. The van der Waals surface area contributed by atoms with Gasteiger partial charge in [0.1, 0.15) is 10.0 Å². The van der Waals surface area contributed by atoms with Crippen LogP contribution in [0.5, 0.6) is 0 Å². The molecule has 2 aliphatic rings. The number of aromatic nitrogens is 1. The van der Waals surface area contributed by atoms with E-state index in [2.05, 4.69) is 15.2 Å². The first kappa shape index (κ1) is 22.9. The van der Waals surface area contributed by atoms with E-state index in [1.165, 1.54) is 26.7 Å². The Morgan fingerprint density at radius 2 is 1.74 bits per heavy atom. The first-order valence-corrected chi connectivity index (χ1v) is 13.3. The Labute approximate surface area is 206 Å². The number of carbonyl (C=O) groups excluding carboxylic acids is 3. The average molecular weight is 497 g/mol. The van der Waals surface area contributed by atoms with Crippen molar-refractivity contribution in [2.75, 3.05) is 11.9 Å². The number of fused-ring (bicyclic) bond motifs is 2. The monoisotopic (exact) mass is 496 g/mol. The zero-order chi connectivity index (χ0) is 23.8. The molecule has 9 heteroatoms. The van der Waals surface area contributed by atoms with Crippen LogP contribution in [0.4, 0.5) is 9.80 Å². The van der Waals surface area contributed by atoms with Crippen LogP contribution in [-0.4, -0.2) is 33.7 Å². The average Bonchev–Trinajstić information content (AvgIpc) is 3.53. The standard InChI is InChI=1S/C25H28N4O3S2/c1-15(30)22-18-7-3-4-8-20(18)33-23(22)27-25(32)26-13-19-17-9-12-29(16(2)31)14-21(17)34-24(19)28-10-5-6-11-28/h5-6,10-11H,3-4,7-9,12-14H2,1-2H3,(H2,26,27,32). The molecule has 0 saturated heterocycles. The lowest BCUT2D eigenvalue weighted by atomic mass is 9.94. The van der Waals surface area contributed by atoms with E-state index < -0.39 is 0 Å². The van der Waals surface area contributed by atoms with Crippen molar-refractivity contribution < 1.29 is 14.4 Å². The van der Waals surface area contributed by atoms with E-state index in [9.17, 15) is 14.4 Å². The molecule has 4 heterocycles. The van der Waals surface area contributed by atoms with Gasteiger partial charge >= 0.3 is 6.03 Å². The van der Waals surface area contributed by atoms with Crippen molar-refractivity contribution in [3.05, 3.63) is 56.5 Å². The minimum absolute atomic E-state index is 0.00604. The summed E-state index contributed by atoms with van der Waals surface area (Å²) in [5.74, 6) is 0.0899. The van der Waals surface area contributed by atoms with Crippen LogP contribution in [-0.2, 0) is 37.1 Å². The smallest absolute Gasteiger partial charge is 0.320 e. The summed E-state index contributed by atoms with van der Waals surface area (Å²) in [5.41, 5.74) is 4.12. The van der Waals surface area contributed by atoms with Gasteiger partial charge in [-0.25, -0.2) is 4.79 Å². The highest BCUT2D eigenvalue weighted by Crippen LogP contribution is 2.39. The third-order valence-electron chi connectivity index (χ3n) is 6.61. The molecular weight excluding hydrogens is 468 g/mol. The Balaban J connectivity index is 1.37. The lowest BCUT2D eigenvalue weighted by Gasteiger charge is -2.26. The van der Waals surface area contributed by atoms with Gasteiger partial charge in [0, 0.05) is 47.7 Å². The third-order valence-corrected chi connectivity index (χ3v) is 9.09. The van der Waals surface area contributed by atoms with Crippen LogP contribution < -0.4 is 10.6 Å². The number of amides is 3. The van der Waals surface area contributed by atoms with E-state index in [1.807, 2.05) is 29.4 Å². The lowest BCUT2D eigenvalue weighted by molar-refractivity contribution is -0.129. The molecule has 0 bridgehead atoms. The summed E-state index contributed by atoms with van der Waals surface area (Å²) in [6.07, 6.45) is 8.87. The molecule has 0 radical (unpaired) electrons. The minimum atomic E-state index is -0.305. The van der Waals surface area contributed by atoms with Crippen molar-refractivity contribution in [3.63, 3.8) is 0 Å². The van der Waals surface area contributed by atoms with Gasteiger partial charge in [-0.3, -0.25) is 14.9 Å². The van der Waals surface area contributed by atoms with E-state index in [0.717, 1.165) is 48.2 Å². The molecule has 0 unspecified atom stereocenters. The van der Waals surface area contributed by atoms with Crippen LogP contribution in [0.1, 0.15) is 63.5 Å². The zero-order valence-corrected chi connectivity index (χ0v) is 21.0. The molecule has 0 atom stereocenters. The first-order valence-electron chi connectivity index (χ1n) is 11.6. The van der Waals surface area contributed by atoms with Gasteiger partial charge in [0.05, 0.1) is 12.1 Å². The number of aryl methyl sites for hydroxylation is 1. The molecule has 3 amide bonds. The quantitative estimate of drug-likeness (QED) is 0.493. The summed E-state index contributed by atoms with van der Waals surface area (Å²) in [6, 6.07) is 3.65. The third kappa shape index (κ3) is 4.30. The second-order valence-corrected chi connectivity index (χ2v) is 11.0. The molecule has 3 aromatic heterocycles. The number of rotatable bonds is 5. The van der Waals surface area contributed by atoms with Crippen molar-refractivity contribution in [3.8, 4) is 5.00 Å². The van der Waals surface area contributed by atoms with Crippen LogP contribution in [0.2, 0.25) is 0 Å². The van der Waals surface area contributed by atoms with Gasteiger partial charge in [0.2, 0.25) is 5.91 Å². The molecule has 2 N–H and O–H groups in total. The maximum absolute atomic E-state index is 12.9. The molecule has 0 aromatic carbocycles. The Morgan fingerprint density at radius 3 is 2.47 bits per heavy atom. The Morgan fingerprint density at radius 1 is 0.971 bits per heavy atom. The molecule has 0 fully saturated rings. The number of hydrogen-bond donors (Lipinski definition) is 2. The maximum atomic E-state index is 12.9. The van der Waals surface area contributed by atoms with E-state index in [-0.39, 0.29) is 17.7 Å². The number of anilines is 1. The van der Waals surface area contributed by atoms with Crippen molar-refractivity contribution in [2.24, 2.45) is 0 Å². The number of carbonyl (C=O) groups is 3. The van der Waals surface area contributed by atoms with E-state index in [0.29, 0.717) is 30.2 Å². The summed E-state index contributed by atoms with van der Waals surface area (Å²) in [7, 11) is 0. The Hall–Kier alpha value is -2.91. The molecule has 7 nitrogen and oxygen atoms in total. The lowest BCUT2D eigenvalue weighted by Crippen LogP contribution is -2.34. The number of Topliss-reactive ketones (excluding diaryl/α,β-unsaturated/α-hetero) is 1. The fraction of sp³-hybridized carbons (Fsp3) is 0.400. The van der Waals surface area contributed by atoms with Crippen LogP contribution >= 0.6 is 22.7 Å². The van der Waals surface area contributed by atoms with Crippen LogP contribution in [0.3, 0.4) is 0 Å². The number of urea groups is 1. The zero-order valence-electron chi connectivity index (χ0n) is 19.4. The number of hydrogen-bond acceptors (Lipinski definition) is 5. The second-order valence-electron chi connectivity index (χ2n) is 8.85. The van der Waals surface area contributed by atoms with Crippen LogP contribution in [0.25, 0.3) is 5.00 Å². The van der Waals surface area contributed by atoms with Crippen LogP contribution in [0, 0.1) is 0 Å². The first-order chi connectivity index (χ1) is 16.4. The molecule has 0 saturated carbocycles. The van der Waals surface area contributed by atoms with Crippen molar-refractivity contribution in [1.82, 2.24) is 14.8 Å². The van der Waals surface area contributed by atoms with Crippen LogP contribution in [0.15, 0.2) is 24.5 Å². The van der Waals surface area contributed by atoms with Gasteiger partial charge < -0.3 is 14.8 Å². The molecular formula is C25H28N4O3S2. The maximum Gasteiger partial charge on any atom is 0.320 e. The van der Waals surface area contributed by atoms with Gasteiger partial charge in [-0.15, -0.1) is 22.7 Å². The van der Waals surface area contributed by atoms with E-state index >= 15 is 0 Å². The number of ketones is 1. The summed E-state index contributed by atoms with van der Waals surface area (Å²) < 4.78 is 2.07. The van der Waals surface area contributed by atoms with Gasteiger partial charge in [0.15, 0.2) is 5.78 Å². The SMILES string of the molecule is CC(=O)c1c(NC(=O)NCc2c(-n3cccc3)sc3c2CCN(C(C)=O)C3)sc2c1CCCC2. The predicted molar refractivity (Wildman–Crippen MR) is 135 cm³/mol. The van der Waals surface area contributed by atoms with Gasteiger partial charge in [-0.05, 0) is 62.3 Å². The molecule has 178 valence electrons. The molecule has 1 aliphatic heterocycles. The molecule has 34 heavy (non-hydrogen) atoms. The van der Waals surface area contributed by atoms with Gasteiger partial charge in [0.25, 0.3) is 0 Å². The van der Waals surface area contributed by atoms with Gasteiger partial charge in [-0.2, -0.15) is 0 Å². The molecule has 0 spiro atoms. The summed E-state index contributed by atoms with van der Waals surface area (Å²) in [5, 5.41) is 7.71. The molecule has 3 aromatic rings. The number of thiophene rings is 2. The topological polar surface area (TPSA) is 83.4 Å². The number of nitrogens with zero attached hydrogens (tertiary/aromatic N) is 2. The molecule has 5 rings (SSSR count). The largest absolute Gasteiger partial charge is 0.337 e. The summed E-state index contributed by atoms with van der Waals surface area (Å²) >= 11 is 3.21. The van der Waals surface area contributed by atoms with Crippen molar-refractivity contribution in [2.45, 2.75) is 59.0 Å². The Kier molecular flexibility index (Phi) is 6.31. The highest BCUT2D eigenvalue weighted by atomic mass is 32.1. The minimum Gasteiger partial charge on any atom is -0.337 e. The predicted octanol–water partition coefficient (Wildman–Crippen LogP) is 4.91. The van der Waals surface area contributed by atoms with E-state index in [1.54, 1.807) is 25.2 Å². The fourth-order valence-corrected chi connectivity index (χ4v) is 7.61. The highest BCUT2D eigenvalue weighted by Gasteiger charge is 2.27. The Bertz CT molecular complexity index is 1260. The number of nitrogens with one attached hydrogen (secondary N) is 2. The highest BCUT2D eigenvalue weighted by molar-refractivity contribution is 7.17. The summed E-state index contributed by atoms with van der Waals surface area (Å²) in [4.78, 5) is 41.4. The van der Waals surface area contributed by atoms with Gasteiger partial charge in [-0.1, -0.05) is 0 Å². The second kappa shape index (κ2) is 9.38. The van der Waals surface area contributed by atoms with Crippen molar-refractivity contribution in [1.29, 1.82) is 0 Å².